The topological polar surface area (TPSA) is 46.5 Å². The van der Waals surface area contributed by atoms with Gasteiger partial charge in [-0.15, -0.1) is 11.8 Å². The molecule has 3 nitrogen and oxygen atoms in total. The molecule has 1 unspecified atom stereocenters. The van der Waals surface area contributed by atoms with Crippen LogP contribution in [0.4, 0.5) is 0 Å². The summed E-state index contributed by atoms with van der Waals surface area (Å²) in [5.41, 5.74) is 0. The molecular weight excluding hydrogens is 272 g/mol. The van der Waals surface area contributed by atoms with Crippen LogP contribution < -0.4 is 4.74 Å². The molecule has 1 rings (SSSR count). The Morgan fingerprint density at radius 2 is 2.22 bits per heavy atom. The van der Waals surface area contributed by atoms with Crippen LogP contribution >= 0.6 is 23.4 Å². The Morgan fingerprint density at radius 3 is 2.78 bits per heavy atom. The number of ether oxygens (including phenoxy) is 1. The quantitative estimate of drug-likeness (QED) is 0.779. The van der Waals surface area contributed by atoms with Crippen molar-refractivity contribution in [3.8, 4) is 5.75 Å². The van der Waals surface area contributed by atoms with Crippen LogP contribution in [0.3, 0.4) is 0 Å². The van der Waals surface area contributed by atoms with Crippen LogP contribution in [-0.2, 0) is 4.79 Å². The zero-order valence-electron chi connectivity index (χ0n) is 10.4. The molecule has 0 spiro atoms. The zero-order chi connectivity index (χ0) is 13.5. The highest BCUT2D eigenvalue weighted by molar-refractivity contribution is 8.00. The minimum atomic E-state index is -0.766. The Labute approximate surface area is 116 Å². The molecule has 0 heterocycles. The molecule has 0 saturated heterocycles. The van der Waals surface area contributed by atoms with Gasteiger partial charge in [0.05, 0.1) is 6.61 Å². The molecule has 1 atom stereocenters. The van der Waals surface area contributed by atoms with Crippen LogP contribution in [-0.4, -0.2) is 28.7 Å². The Bertz CT molecular complexity index is 396. The second-order valence-corrected chi connectivity index (χ2v) is 5.87. The average molecular weight is 289 g/mol. The van der Waals surface area contributed by atoms with E-state index < -0.39 is 5.97 Å². The van der Waals surface area contributed by atoms with Gasteiger partial charge in [0.25, 0.3) is 0 Å². The molecule has 1 aromatic carbocycles. The number of thioether (sulfide) groups is 1. The first kappa shape index (κ1) is 15.2. The highest BCUT2D eigenvalue weighted by atomic mass is 35.5. The van der Waals surface area contributed by atoms with Crippen molar-refractivity contribution in [2.75, 3.05) is 12.4 Å². The molecule has 5 heteroatoms. The number of carboxylic acids is 1. The maximum absolute atomic E-state index is 11.0. The average Bonchev–Trinajstić information content (AvgIpc) is 2.27. The maximum Gasteiger partial charge on any atom is 0.316 e. The van der Waals surface area contributed by atoms with E-state index in [-0.39, 0.29) is 11.2 Å². The first-order valence-electron chi connectivity index (χ1n) is 5.73. The van der Waals surface area contributed by atoms with Gasteiger partial charge in [0.15, 0.2) is 0 Å². The summed E-state index contributed by atoms with van der Waals surface area (Å²) in [6.45, 7) is 4.29. The first-order valence-corrected chi connectivity index (χ1v) is 7.16. The van der Waals surface area contributed by atoms with Crippen molar-refractivity contribution >= 4 is 29.3 Å². The molecule has 18 heavy (non-hydrogen) atoms. The SMILES string of the molecule is CC(C)C(SCCOc1cccc(Cl)c1)C(=O)O. The van der Waals surface area contributed by atoms with Gasteiger partial charge in [0.1, 0.15) is 11.0 Å². The van der Waals surface area contributed by atoms with E-state index in [0.29, 0.717) is 23.1 Å². The van der Waals surface area contributed by atoms with Crippen LogP contribution in [0.15, 0.2) is 24.3 Å². The van der Waals surface area contributed by atoms with E-state index in [0.717, 1.165) is 0 Å². The number of carbonyl (C=O) groups is 1. The van der Waals surface area contributed by atoms with Crippen molar-refractivity contribution in [2.45, 2.75) is 19.1 Å². The molecule has 100 valence electrons. The third-order valence-electron chi connectivity index (χ3n) is 2.29. The van der Waals surface area contributed by atoms with Gasteiger partial charge in [-0.05, 0) is 24.1 Å². The second-order valence-electron chi connectivity index (χ2n) is 4.18. The predicted molar refractivity (Wildman–Crippen MR) is 75.7 cm³/mol. The van der Waals surface area contributed by atoms with Gasteiger partial charge in [-0.2, -0.15) is 0 Å². The Kier molecular flexibility index (Phi) is 6.36. The van der Waals surface area contributed by atoms with Gasteiger partial charge in [0, 0.05) is 10.8 Å². The molecule has 0 aliphatic rings. The molecule has 0 radical (unpaired) electrons. The number of hydrogen-bond donors (Lipinski definition) is 1. The molecule has 0 fully saturated rings. The minimum Gasteiger partial charge on any atom is -0.493 e. The van der Waals surface area contributed by atoms with E-state index in [1.54, 1.807) is 12.1 Å². The van der Waals surface area contributed by atoms with Crippen molar-refractivity contribution < 1.29 is 14.6 Å². The standard InChI is InChI=1S/C13H17ClO3S/c1-9(2)12(13(15)16)18-7-6-17-11-5-3-4-10(14)8-11/h3-5,8-9,12H,6-7H2,1-2H3,(H,15,16). The molecule has 0 amide bonds. The molecule has 0 bridgehead atoms. The van der Waals surface area contributed by atoms with Crippen molar-refractivity contribution in [1.29, 1.82) is 0 Å². The van der Waals surface area contributed by atoms with E-state index in [1.807, 2.05) is 26.0 Å². The van der Waals surface area contributed by atoms with Crippen LogP contribution in [0.5, 0.6) is 5.75 Å². The fourth-order valence-electron chi connectivity index (χ4n) is 1.44. The van der Waals surface area contributed by atoms with Crippen LogP contribution in [0.2, 0.25) is 5.02 Å². The molecule has 0 saturated carbocycles. The van der Waals surface area contributed by atoms with Gasteiger partial charge < -0.3 is 9.84 Å². The summed E-state index contributed by atoms with van der Waals surface area (Å²) in [4.78, 5) is 11.0. The fraction of sp³-hybridized carbons (Fsp3) is 0.462. The number of rotatable bonds is 7. The first-order chi connectivity index (χ1) is 8.50. The zero-order valence-corrected chi connectivity index (χ0v) is 12.0. The van der Waals surface area contributed by atoms with Crippen LogP contribution in [0.25, 0.3) is 0 Å². The van der Waals surface area contributed by atoms with Gasteiger partial charge in [-0.25, -0.2) is 0 Å². The summed E-state index contributed by atoms with van der Waals surface area (Å²) in [5, 5.41) is 9.27. The monoisotopic (exact) mass is 288 g/mol. The largest absolute Gasteiger partial charge is 0.493 e. The Hall–Kier alpha value is -0.870. The number of aliphatic carboxylic acids is 1. The lowest BCUT2D eigenvalue weighted by atomic mass is 10.1. The lowest BCUT2D eigenvalue weighted by molar-refractivity contribution is -0.137. The van der Waals surface area contributed by atoms with Crippen molar-refractivity contribution in [3.05, 3.63) is 29.3 Å². The summed E-state index contributed by atoms with van der Waals surface area (Å²) in [6.07, 6.45) is 0. The highest BCUT2D eigenvalue weighted by Gasteiger charge is 2.21. The number of hydrogen-bond acceptors (Lipinski definition) is 3. The van der Waals surface area contributed by atoms with Gasteiger partial charge >= 0.3 is 5.97 Å². The van der Waals surface area contributed by atoms with Crippen molar-refractivity contribution in [1.82, 2.24) is 0 Å². The second kappa shape index (κ2) is 7.54. The van der Waals surface area contributed by atoms with Crippen molar-refractivity contribution in [2.24, 2.45) is 5.92 Å². The van der Waals surface area contributed by atoms with E-state index in [2.05, 4.69) is 0 Å². The molecule has 0 aliphatic heterocycles. The minimum absolute atomic E-state index is 0.110. The van der Waals surface area contributed by atoms with E-state index in [9.17, 15) is 4.79 Å². The van der Waals surface area contributed by atoms with Gasteiger partial charge in [0.2, 0.25) is 0 Å². The fourth-order valence-corrected chi connectivity index (χ4v) is 2.58. The number of halogens is 1. The molecule has 1 aromatic rings. The molecular formula is C13H17ClO3S. The maximum atomic E-state index is 11.0. The highest BCUT2D eigenvalue weighted by Crippen LogP contribution is 2.21. The summed E-state index contributed by atoms with van der Waals surface area (Å²) in [7, 11) is 0. The third-order valence-corrected chi connectivity index (χ3v) is 4.04. The Morgan fingerprint density at radius 1 is 1.50 bits per heavy atom. The van der Waals surface area contributed by atoms with E-state index in [4.69, 9.17) is 21.4 Å². The molecule has 1 N–H and O–H groups in total. The smallest absolute Gasteiger partial charge is 0.316 e. The van der Waals surface area contributed by atoms with Gasteiger partial charge in [-0.3, -0.25) is 4.79 Å². The summed E-state index contributed by atoms with van der Waals surface area (Å²) < 4.78 is 5.50. The predicted octanol–water partition coefficient (Wildman–Crippen LogP) is 3.56. The van der Waals surface area contributed by atoms with Crippen molar-refractivity contribution in [3.63, 3.8) is 0 Å². The van der Waals surface area contributed by atoms with E-state index >= 15 is 0 Å². The summed E-state index contributed by atoms with van der Waals surface area (Å²) in [5.74, 6) is 0.692. The lowest BCUT2D eigenvalue weighted by Crippen LogP contribution is -2.23. The number of carboxylic acid groups (broad SMARTS) is 1. The summed E-state index contributed by atoms with van der Waals surface area (Å²) in [6, 6.07) is 7.17. The lowest BCUT2D eigenvalue weighted by Gasteiger charge is -2.15. The van der Waals surface area contributed by atoms with E-state index in [1.165, 1.54) is 11.8 Å². The number of benzene rings is 1. The Balaban J connectivity index is 2.32. The normalized spacial score (nSPS) is 12.4. The summed E-state index contributed by atoms with van der Waals surface area (Å²) >= 11 is 7.23. The molecule has 0 aliphatic carbocycles. The van der Waals surface area contributed by atoms with Crippen LogP contribution in [0, 0.1) is 5.92 Å². The third kappa shape index (κ3) is 5.19. The van der Waals surface area contributed by atoms with Crippen LogP contribution in [0.1, 0.15) is 13.8 Å². The van der Waals surface area contributed by atoms with Gasteiger partial charge in [-0.1, -0.05) is 31.5 Å². The molecule has 0 aromatic heterocycles.